The van der Waals surface area contributed by atoms with Gasteiger partial charge in [-0.25, -0.2) is 4.79 Å². The first-order valence-corrected chi connectivity index (χ1v) is 10.6. The standard InChI is InChI=1S/C23H34O3/c1-5-21(3)15(2)6-8-19-18(21)10-12-22(4)17(11-13-23(19,22)25)16-7-9-20(24)26-14-16/h7,9,14-15,17-19,25H,5-6,8,10-13H2,1-4H3/t15-,17+,18-,19+,21-,22+,23-/m0/s1. The number of fused-ring (bicyclic) bond motifs is 3. The zero-order valence-electron chi connectivity index (χ0n) is 16.8. The van der Waals surface area contributed by atoms with Gasteiger partial charge in [-0.2, -0.15) is 0 Å². The van der Waals surface area contributed by atoms with Crippen LogP contribution in [0.4, 0.5) is 0 Å². The van der Waals surface area contributed by atoms with Crippen molar-refractivity contribution in [3.63, 3.8) is 0 Å². The number of hydrogen-bond acceptors (Lipinski definition) is 3. The van der Waals surface area contributed by atoms with Crippen LogP contribution in [0.3, 0.4) is 0 Å². The zero-order valence-corrected chi connectivity index (χ0v) is 16.8. The van der Waals surface area contributed by atoms with Crippen LogP contribution in [0.2, 0.25) is 0 Å². The maximum Gasteiger partial charge on any atom is 0.335 e. The molecular weight excluding hydrogens is 324 g/mol. The quantitative estimate of drug-likeness (QED) is 0.797. The van der Waals surface area contributed by atoms with Gasteiger partial charge >= 0.3 is 5.63 Å². The van der Waals surface area contributed by atoms with Crippen LogP contribution >= 0.6 is 0 Å². The van der Waals surface area contributed by atoms with Gasteiger partial charge in [-0.15, -0.1) is 0 Å². The molecule has 3 heteroatoms. The summed E-state index contributed by atoms with van der Waals surface area (Å²) in [5, 5.41) is 12.1. The van der Waals surface area contributed by atoms with Crippen molar-refractivity contribution < 1.29 is 9.52 Å². The van der Waals surface area contributed by atoms with Crippen molar-refractivity contribution in [3.05, 3.63) is 34.4 Å². The smallest absolute Gasteiger partial charge is 0.335 e. The van der Waals surface area contributed by atoms with Crippen molar-refractivity contribution in [2.24, 2.45) is 28.6 Å². The molecule has 3 aliphatic rings. The Morgan fingerprint density at radius 3 is 2.54 bits per heavy atom. The first-order valence-electron chi connectivity index (χ1n) is 10.6. The molecule has 0 unspecified atom stereocenters. The zero-order chi connectivity index (χ0) is 18.7. The lowest BCUT2D eigenvalue weighted by atomic mass is 9.45. The van der Waals surface area contributed by atoms with Crippen LogP contribution in [0, 0.1) is 28.6 Å². The van der Waals surface area contributed by atoms with Gasteiger partial charge in [-0.1, -0.05) is 34.1 Å². The molecule has 26 heavy (non-hydrogen) atoms. The second-order valence-corrected chi connectivity index (χ2v) is 9.91. The van der Waals surface area contributed by atoms with Crippen molar-refractivity contribution in [2.45, 2.75) is 84.2 Å². The summed E-state index contributed by atoms with van der Waals surface area (Å²) in [5.41, 5.74) is 0.425. The second kappa shape index (κ2) is 5.95. The predicted molar refractivity (Wildman–Crippen MR) is 103 cm³/mol. The minimum Gasteiger partial charge on any atom is -0.431 e. The Morgan fingerprint density at radius 2 is 1.88 bits per heavy atom. The van der Waals surface area contributed by atoms with Gasteiger partial charge < -0.3 is 9.52 Å². The fourth-order valence-electron chi connectivity index (χ4n) is 7.33. The van der Waals surface area contributed by atoms with Crippen molar-refractivity contribution in [2.75, 3.05) is 0 Å². The summed E-state index contributed by atoms with van der Waals surface area (Å²) >= 11 is 0. The molecular formula is C23H34O3. The van der Waals surface area contributed by atoms with E-state index in [0.29, 0.717) is 17.3 Å². The van der Waals surface area contributed by atoms with E-state index in [-0.39, 0.29) is 17.0 Å². The Balaban J connectivity index is 1.71. The molecule has 0 bridgehead atoms. The summed E-state index contributed by atoms with van der Waals surface area (Å²) in [7, 11) is 0. The summed E-state index contributed by atoms with van der Waals surface area (Å²) in [6.45, 7) is 9.52. The lowest BCUT2D eigenvalue weighted by molar-refractivity contribution is -0.194. The highest BCUT2D eigenvalue weighted by Gasteiger charge is 2.66. The molecule has 0 amide bonds. The number of hydrogen-bond donors (Lipinski definition) is 1. The van der Waals surface area contributed by atoms with Crippen LogP contribution in [0.5, 0.6) is 0 Å². The molecule has 3 aliphatic carbocycles. The molecule has 3 nitrogen and oxygen atoms in total. The highest BCUT2D eigenvalue weighted by Crippen LogP contribution is 2.69. The fourth-order valence-corrected chi connectivity index (χ4v) is 7.33. The van der Waals surface area contributed by atoms with E-state index in [9.17, 15) is 9.90 Å². The topological polar surface area (TPSA) is 50.4 Å². The van der Waals surface area contributed by atoms with E-state index in [1.807, 2.05) is 6.07 Å². The van der Waals surface area contributed by atoms with Gasteiger partial charge in [-0.05, 0) is 79.2 Å². The Morgan fingerprint density at radius 1 is 1.12 bits per heavy atom. The molecule has 1 aromatic rings. The molecule has 3 fully saturated rings. The summed E-state index contributed by atoms with van der Waals surface area (Å²) in [6.07, 6.45) is 9.37. The van der Waals surface area contributed by atoms with E-state index in [4.69, 9.17) is 4.42 Å². The summed E-state index contributed by atoms with van der Waals surface area (Å²) in [4.78, 5) is 11.4. The average molecular weight is 359 g/mol. The van der Waals surface area contributed by atoms with Crippen LogP contribution in [0.25, 0.3) is 0 Å². The Bertz CT molecular complexity index is 719. The minimum atomic E-state index is -0.590. The molecule has 3 saturated carbocycles. The molecule has 1 aromatic heterocycles. The lowest BCUT2D eigenvalue weighted by Gasteiger charge is -2.62. The third-order valence-corrected chi connectivity index (χ3v) is 9.42. The Hall–Kier alpha value is -1.09. The van der Waals surface area contributed by atoms with Gasteiger partial charge in [0.25, 0.3) is 0 Å². The van der Waals surface area contributed by atoms with Crippen molar-refractivity contribution in [1.29, 1.82) is 0 Å². The van der Waals surface area contributed by atoms with Gasteiger partial charge in [0.15, 0.2) is 0 Å². The number of aliphatic hydroxyl groups is 1. The van der Waals surface area contributed by atoms with Crippen LogP contribution < -0.4 is 5.63 Å². The van der Waals surface area contributed by atoms with E-state index in [1.54, 1.807) is 6.26 Å². The van der Waals surface area contributed by atoms with Gasteiger partial charge in [0.1, 0.15) is 0 Å². The van der Waals surface area contributed by atoms with Crippen LogP contribution in [-0.4, -0.2) is 10.7 Å². The third kappa shape index (κ3) is 2.25. The normalized spacial score (nSPS) is 48.0. The Labute approximate surface area is 157 Å². The molecule has 1 heterocycles. The van der Waals surface area contributed by atoms with Crippen molar-refractivity contribution in [1.82, 2.24) is 0 Å². The van der Waals surface area contributed by atoms with Gasteiger partial charge in [0.2, 0.25) is 0 Å². The summed E-state index contributed by atoms with van der Waals surface area (Å²) in [5.74, 6) is 2.05. The van der Waals surface area contributed by atoms with E-state index < -0.39 is 5.60 Å². The van der Waals surface area contributed by atoms with Crippen LogP contribution in [0.15, 0.2) is 27.6 Å². The third-order valence-electron chi connectivity index (χ3n) is 9.42. The molecule has 0 spiro atoms. The molecule has 0 aliphatic heterocycles. The number of rotatable bonds is 2. The minimum absolute atomic E-state index is 0.122. The molecule has 1 N–H and O–H groups in total. The van der Waals surface area contributed by atoms with Gasteiger partial charge in [0, 0.05) is 11.5 Å². The Kier molecular flexibility index (Phi) is 4.19. The monoisotopic (exact) mass is 358 g/mol. The van der Waals surface area contributed by atoms with E-state index >= 15 is 0 Å². The first-order chi connectivity index (χ1) is 12.3. The SMILES string of the molecule is CC[C@@]1(C)[C@@H](C)CC[C@@H]2[C@@H]1CC[C@]1(C)[C@@H](c3ccc(=O)oc3)CC[C@]21O. The highest BCUT2D eigenvalue weighted by atomic mass is 16.4. The fraction of sp³-hybridized carbons (Fsp3) is 0.783. The van der Waals surface area contributed by atoms with Crippen LogP contribution in [0.1, 0.15) is 84.1 Å². The van der Waals surface area contributed by atoms with Gasteiger partial charge in [0.05, 0.1) is 11.9 Å². The van der Waals surface area contributed by atoms with E-state index in [1.165, 1.54) is 25.3 Å². The predicted octanol–water partition coefficient (Wildman–Crippen LogP) is 5.13. The highest BCUT2D eigenvalue weighted by molar-refractivity contribution is 5.26. The first kappa shape index (κ1) is 18.3. The molecule has 0 aromatic carbocycles. The molecule has 7 atom stereocenters. The second-order valence-electron chi connectivity index (χ2n) is 9.91. The maximum absolute atomic E-state index is 12.1. The molecule has 0 saturated heterocycles. The molecule has 144 valence electrons. The summed E-state index contributed by atoms with van der Waals surface area (Å²) < 4.78 is 5.16. The largest absolute Gasteiger partial charge is 0.431 e. The van der Waals surface area contributed by atoms with Crippen LogP contribution in [-0.2, 0) is 0 Å². The van der Waals surface area contributed by atoms with Crippen molar-refractivity contribution >= 4 is 0 Å². The van der Waals surface area contributed by atoms with E-state index in [0.717, 1.165) is 37.2 Å². The maximum atomic E-state index is 12.1. The van der Waals surface area contributed by atoms with Gasteiger partial charge in [-0.3, -0.25) is 0 Å². The summed E-state index contributed by atoms with van der Waals surface area (Å²) in [6, 6.07) is 3.44. The van der Waals surface area contributed by atoms with Crippen molar-refractivity contribution in [3.8, 4) is 0 Å². The average Bonchev–Trinajstić information content (AvgIpc) is 2.90. The van der Waals surface area contributed by atoms with E-state index in [2.05, 4.69) is 27.7 Å². The lowest BCUT2D eigenvalue weighted by Crippen LogP contribution is -2.60. The molecule has 4 rings (SSSR count). The molecule has 0 radical (unpaired) electrons.